The van der Waals surface area contributed by atoms with Gasteiger partial charge in [-0.2, -0.15) is 0 Å². The van der Waals surface area contributed by atoms with Gasteiger partial charge in [-0.05, 0) is 104 Å². The fourth-order valence-corrected chi connectivity index (χ4v) is 11.6. The quantitative estimate of drug-likeness (QED) is 0.118. The van der Waals surface area contributed by atoms with Gasteiger partial charge in [0.15, 0.2) is 12.6 Å². The van der Waals surface area contributed by atoms with E-state index < -0.39 is 86.8 Å². The first-order chi connectivity index (χ1) is 25.0. The zero-order valence-electron chi connectivity index (χ0n) is 31.6. The lowest BCUT2D eigenvalue weighted by Crippen LogP contribution is -2.60. The van der Waals surface area contributed by atoms with Gasteiger partial charge < -0.3 is 70.0 Å². The molecule has 0 aromatic carbocycles. The Balaban J connectivity index is 1.04. The van der Waals surface area contributed by atoms with Gasteiger partial charge in [0, 0.05) is 0 Å². The third kappa shape index (κ3) is 7.77. The Labute approximate surface area is 312 Å². The minimum Gasteiger partial charge on any atom is -0.394 e. The van der Waals surface area contributed by atoms with Crippen molar-refractivity contribution in [1.82, 2.24) is 0 Å². The lowest BCUT2D eigenvalue weighted by atomic mass is 9.47. The Morgan fingerprint density at radius 3 is 2.06 bits per heavy atom. The number of hydrogen-bond donors (Lipinski definition) is 10. The summed E-state index contributed by atoms with van der Waals surface area (Å²) in [4.78, 5) is 0. The highest BCUT2D eigenvalue weighted by Crippen LogP contribution is 2.67. The van der Waals surface area contributed by atoms with Gasteiger partial charge in [0.1, 0.15) is 48.8 Å². The highest BCUT2D eigenvalue weighted by atomic mass is 16.7. The van der Waals surface area contributed by atoms with Crippen LogP contribution in [0.4, 0.5) is 0 Å². The van der Waals surface area contributed by atoms with E-state index >= 15 is 0 Å². The van der Waals surface area contributed by atoms with E-state index in [0.717, 1.165) is 32.1 Å². The lowest BCUT2D eigenvalue weighted by Gasteiger charge is -2.58. The maximum absolute atomic E-state index is 11.6. The van der Waals surface area contributed by atoms with E-state index in [1.807, 2.05) is 6.92 Å². The molecule has 0 aromatic rings. The van der Waals surface area contributed by atoms with Crippen LogP contribution < -0.4 is 0 Å². The zero-order valence-corrected chi connectivity index (χ0v) is 31.6. The van der Waals surface area contributed by atoms with Crippen LogP contribution in [0.15, 0.2) is 11.6 Å². The molecular weight excluding hydrogens is 692 g/mol. The molecule has 6 aliphatic rings. The third-order valence-corrected chi connectivity index (χ3v) is 14.9. The summed E-state index contributed by atoms with van der Waals surface area (Å²) in [5.41, 5.74) is 1.19. The molecule has 0 radical (unpaired) electrons. The molecule has 53 heavy (non-hydrogen) atoms. The van der Waals surface area contributed by atoms with Crippen LogP contribution in [0.1, 0.15) is 85.5 Å². The van der Waals surface area contributed by atoms with Crippen molar-refractivity contribution in [2.45, 2.75) is 165 Å². The van der Waals surface area contributed by atoms with Crippen molar-refractivity contribution in [2.24, 2.45) is 46.3 Å². The molecule has 0 spiro atoms. The second-order valence-electron chi connectivity index (χ2n) is 18.0. The first kappa shape index (κ1) is 41.8. The maximum Gasteiger partial charge on any atom is 0.186 e. The van der Waals surface area contributed by atoms with Gasteiger partial charge in [0.05, 0.1) is 38.1 Å². The summed E-state index contributed by atoms with van der Waals surface area (Å²) in [6, 6.07) is 0. The summed E-state index contributed by atoms with van der Waals surface area (Å²) in [5, 5.41) is 104. The largest absolute Gasteiger partial charge is 0.394 e. The molecule has 2 saturated heterocycles. The topological polar surface area (TPSA) is 239 Å². The molecule has 0 amide bonds. The van der Waals surface area contributed by atoms with Crippen molar-refractivity contribution in [3.63, 3.8) is 0 Å². The molecule has 6 rings (SSSR count). The van der Waals surface area contributed by atoms with Gasteiger partial charge in [-0.25, -0.2) is 0 Å². The summed E-state index contributed by atoms with van der Waals surface area (Å²) >= 11 is 0. The van der Waals surface area contributed by atoms with Gasteiger partial charge in [-0.1, -0.05) is 39.3 Å². The van der Waals surface area contributed by atoms with Crippen molar-refractivity contribution in [3.8, 4) is 0 Å². The van der Waals surface area contributed by atoms with E-state index in [0.29, 0.717) is 43.4 Å². The molecule has 2 heterocycles. The third-order valence-electron chi connectivity index (χ3n) is 14.9. The lowest BCUT2D eigenvalue weighted by molar-refractivity contribution is -0.313. The monoisotopic (exact) mass is 758 g/mol. The van der Waals surface area contributed by atoms with Crippen LogP contribution in [-0.2, 0) is 18.9 Å². The number of aliphatic hydroxyl groups excluding tert-OH is 10. The van der Waals surface area contributed by atoms with Gasteiger partial charge in [0.2, 0.25) is 0 Å². The molecule has 14 heteroatoms. The van der Waals surface area contributed by atoms with Crippen molar-refractivity contribution >= 4 is 0 Å². The number of allylic oxidation sites excluding steroid dienone is 1. The van der Waals surface area contributed by atoms with Gasteiger partial charge in [-0.3, -0.25) is 0 Å². The van der Waals surface area contributed by atoms with Crippen molar-refractivity contribution in [1.29, 1.82) is 0 Å². The molecule has 21 atom stereocenters. The Morgan fingerprint density at radius 1 is 0.792 bits per heavy atom. The average molecular weight is 759 g/mol. The molecule has 4 aliphatic carbocycles. The summed E-state index contributed by atoms with van der Waals surface area (Å²) in [5.74, 6) is 0.983. The van der Waals surface area contributed by atoms with E-state index in [2.05, 4.69) is 26.8 Å². The fourth-order valence-electron chi connectivity index (χ4n) is 11.6. The SMILES string of the molecule is CC(CCC(O)C(C)C1C(O)CC2C3CC=C4CC(OC5OC(CO)C(O)C(O)C5O)CCC4(C)C3CCC21C)COC1OC(CO)C(O)C(O)C1O. The molecule has 0 bridgehead atoms. The van der Waals surface area contributed by atoms with Crippen LogP contribution in [0.2, 0.25) is 0 Å². The predicted octanol–water partition coefficient (Wildman–Crippen LogP) is -0.0489. The van der Waals surface area contributed by atoms with Crippen LogP contribution in [0.3, 0.4) is 0 Å². The molecule has 14 nitrogen and oxygen atoms in total. The summed E-state index contributed by atoms with van der Waals surface area (Å²) in [6.45, 7) is 7.87. The summed E-state index contributed by atoms with van der Waals surface area (Å²) in [7, 11) is 0. The van der Waals surface area contributed by atoms with E-state index in [1.165, 1.54) is 5.57 Å². The average Bonchev–Trinajstić information content (AvgIpc) is 3.42. The first-order valence-corrected chi connectivity index (χ1v) is 20.0. The Hall–Kier alpha value is -0.820. The van der Waals surface area contributed by atoms with Crippen molar-refractivity contribution in [2.75, 3.05) is 19.8 Å². The minimum absolute atomic E-state index is 0.0156. The number of aliphatic hydroxyl groups is 10. The number of fused-ring (bicyclic) bond motifs is 5. The first-order valence-electron chi connectivity index (χ1n) is 20.0. The number of hydrogen-bond acceptors (Lipinski definition) is 14. The molecule has 3 saturated carbocycles. The van der Waals surface area contributed by atoms with Gasteiger partial charge >= 0.3 is 0 Å². The highest BCUT2D eigenvalue weighted by molar-refractivity contribution is 5.26. The summed E-state index contributed by atoms with van der Waals surface area (Å²) < 4.78 is 23.0. The Kier molecular flexibility index (Phi) is 13.1. The molecule has 306 valence electrons. The number of rotatable bonds is 12. The normalized spacial score (nSPS) is 50.3. The smallest absolute Gasteiger partial charge is 0.186 e. The molecular formula is C39H66O14. The Morgan fingerprint density at radius 2 is 1.42 bits per heavy atom. The van der Waals surface area contributed by atoms with Crippen LogP contribution in [-0.4, -0.2) is 151 Å². The minimum atomic E-state index is -1.50. The highest BCUT2D eigenvalue weighted by Gasteiger charge is 2.62. The van der Waals surface area contributed by atoms with Crippen LogP contribution in [0.5, 0.6) is 0 Å². The molecule has 2 aliphatic heterocycles. The predicted molar refractivity (Wildman–Crippen MR) is 189 cm³/mol. The summed E-state index contributed by atoms with van der Waals surface area (Å²) in [6.07, 6.45) is -5.06. The standard InChI is InChI=1S/C39H66O14/c1-18(17-50-36-34(48)32(46)30(44)27(15-40)52-36)5-8-25(42)19(2)29-26(43)14-24-22-7-6-20-13-21(9-11-38(20,3)23(22)10-12-39(24,29)4)51-37-35(49)33(47)31(45)28(16-41)53-37/h6,18-19,21-37,40-49H,5,7-17H2,1-4H3. The zero-order chi connectivity index (χ0) is 38.6. The molecule has 5 fully saturated rings. The molecule has 10 N–H and O–H groups in total. The van der Waals surface area contributed by atoms with Gasteiger partial charge in [-0.15, -0.1) is 0 Å². The Bertz CT molecular complexity index is 1250. The van der Waals surface area contributed by atoms with E-state index in [1.54, 1.807) is 0 Å². The van der Waals surface area contributed by atoms with Crippen LogP contribution in [0.25, 0.3) is 0 Å². The van der Waals surface area contributed by atoms with Crippen LogP contribution >= 0.6 is 0 Å². The second-order valence-corrected chi connectivity index (χ2v) is 18.0. The second kappa shape index (κ2) is 16.6. The maximum atomic E-state index is 11.6. The number of ether oxygens (including phenoxy) is 4. The van der Waals surface area contributed by atoms with Crippen molar-refractivity contribution in [3.05, 3.63) is 11.6 Å². The fraction of sp³-hybridized carbons (Fsp3) is 0.949. The van der Waals surface area contributed by atoms with Crippen molar-refractivity contribution < 1.29 is 70.0 Å². The van der Waals surface area contributed by atoms with E-state index in [-0.39, 0.29) is 41.3 Å². The van der Waals surface area contributed by atoms with E-state index in [4.69, 9.17) is 18.9 Å². The van der Waals surface area contributed by atoms with Gasteiger partial charge in [0.25, 0.3) is 0 Å². The van der Waals surface area contributed by atoms with E-state index in [9.17, 15) is 51.1 Å². The molecule has 21 unspecified atom stereocenters. The van der Waals surface area contributed by atoms with Crippen LogP contribution in [0, 0.1) is 46.3 Å². The molecule has 0 aromatic heterocycles.